The number of aromatic nitrogens is 3. The summed E-state index contributed by atoms with van der Waals surface area (Å²) in [7, 11) is 3.25. The molecular formula is C21H21N5O3S. The van der Waals surface area contributed by atoms with Gasteiger partial charge in [0.2, 0.25) is 0 Å². The molecule has 9 heteroatoms. The van der Waals surface area contributed by atoms with Gasteiger partial charge < -0.3 is 20.5 Å². The largest absolute Gasteiger partial charge is 0.496 e. The Morgan fingerprint density at radius 3 is 2.77 bits per heavy atom. The lowest BCUT2D eigenvalue weighted by Gasteiger charge is -2.09. The van der Waals surface area contributed by atoms with Gasteiger partial charge in [0.25, 0.3) is 5.91 Å². The van der Waals surface area contributed by atoms with Gasteiger partial charge in [-0.2, -0.15) is 4.52 Å². The van der Waals surface area contributed by atoms with E-state index < -0.39 is 0 Å². The van der Waals surface area contributed by atoms with Crippen LogP contribution in [0.1, 0.15) is 15.9 Å². The summed E-state index contributed by atoms with van der Waals surface area (Å²) in [5, 5.41) is 8.13. The Labute approximate surface area is 177 Å². The molecule has 4 rings (SSSR count). The van der Waals surface area contributed by atoms with Gasteiger partial charge in [0.1, 0.15) is 11.6 Å². The average Bonchev–Trinajstić information content (AvgIpc) is 3.41. The van der Waals surface area contributed by atoms with Gasteiger partial charge in [-0.05, 0) is 42.3 Å². The molecule has 0 aliphatic heterocycles. The van der Waals surface area contributed by atoms with Crippen LogP contribution in [0.15, 0.2) is 48.5 Å². The molecule has 30 heavy (non-hydrogen) atoms. The predicted molar refractivity (Wildman–Crippen MR) is 116 cm³/mol. The van der Waals surface area contributed by atoms with E-state index in [9.17, 15) is 4.79 Å². The maximum Gasteiger partial charge on any atom is 0.251 e. The van der Waals surface area contributed by atoms with E-state index in [1.54, 1.807) is 26.4 Å². The highest BCUT2D eigenvalue weighted by Crippen LogP contribution is 2.31. The number of hydrogen-bond donors (Lipinski definition) is 2. The first kappa shape index (κ1) is 19.7. The van der Waals surface area contributed by atoms with E-state index in [0.717, 1.165) is 21.3 Å². The van der Waals surface area contributed by atoms with E-state index in [2.05, 4.69) is 15.4 Å². The van der Waals surface area contributed by atoms with Crippen molar-refractivity contribution >= 4 is 28.7 Å². The number of nitrogens with one attached hydrogen (secondary N) is 1. The Bertz CT molecular complexity index is 1200. The number of nitrogen functional groups attached to an aromatic ring is 1. The minimum atomic E-state index is -0.221. The zero-order valence-electron chi connectivity index (χ0n) is 16.6. The van der Waals surface area contributed by atoms with Gasteiger partial charge in [0.05, 0.1) is 19.1 Å². The normalized spacial score (nSPS) is 10.9. The maximum absolute atomic E-state index is 12.6. The SMILES string of the molecule is COc1ccc(-c2nc3cc(C(=O)NCCc4ccccc4OC)cc(N)n3n2)s1. The minimum absolute atomic E-state index is 0.221. The van der Waals surface area contributed by atoms with E-state index in [0.29, 0.717) is 35.8 Å². The summed E-state index contributed by atoms with van der Waals surface area (Å²) in [4.78, 5) is 18.0. The van der Waals surface area contributed by atoms with Gasteiger partial charge in [-0.1, -0.05) is 29.5 Å². The molecule has 3 N–H and O–H groups in total. The first-order chi connectivity index (χ1) is 14.6. The van der Waals surface area contributed by atoms with Crippen LogP contribution in [0.2, 0.25) is 0 Å². The molecule has 0 saturated carbocycles. The third-order valence-corrected chi connectivity index (χ3v) is 5.64. The number of benzene rings is 1. The Morgan fingerprint density at radius 2 is 2.00 bits per heavy atom. The average molecular weight is 423 g/mol. The fourth-order valence-corrected chi connectivity index (χ4v) is 3.87. The van der Waals surface area contributed by atoms with Crippen LogP contribution in [0.4, 0.5) is 5.82 Å². The molecule has 3 heterocycles. The molecule has 0 spiro atoms. The van der Waals surface area contributed by atoms with Crippen LogP contribution in [-0.4, -0.2) is 41.3 Å². The molecule has 3 aromatic heterocycles. The lowest BCUT2D eigenvalue weighted by Crippen LogP contribution is -2.26. The number of thiophene rings is 1. The van der Waals surface area contributed by atoms with Gasteiger partial charge in [-0.3, -0.25) is 4.79 Å². The van der Waals surface area contributed by atoms with Crippen LogP contribution >= 0.6 is 11.3 Å². The Kier molecular flexibility index (Phi) is 5.53. The van der Waals surface area contributed by atoms with Crippen molar-refractivity contribution in [2.75, 3.05) is 26.5 Å². The summed E-state index contributed by atoms with van der Waals surface area (Å²) >= 11 is 1.44. The number of carbonyl (C=O) groups excluding carboxylic acids is 1. The van der Waals surface area contributed by atoms with E-state index in [4.69, 9.17) is 15.2 Å². The van der Waals surface area contributed by atoms with Crippen LogP contribution in [0.25, 0.3) is 16.3 Å². The summed E-state index contributed by atoms with van der Waals surface area (Å²) in [6.45, 7) is 0.469. The zero-order chi connectivity index (χ0) is 21.1. The topological polar surface area (TPSA) is 104 Å². The number of para-hydroxylation sites is 1. The number of carbonyl (C=O) groups is 1. The monoisotopic (exact) mass is 423 g/mol. The van der Waals surface area contributed by atoms with Crippen LogP contribution in [0, 0.1) is 0 Å². The number of amides is 1. The maximum atomic E-state index is 12.6. The first-order valence-electron chi connectivity index (χ1n) is 9.29. The summed E-state index contributed by atoms with van der Waals surface area (Å²) in [6, 6.07) is 14.8. The molecule has 0 fully saturated rings. The van der Waals surface area contributed by atoms with E-state index in [1.807, 2.05) is 36.4 Å². The second kappa shape index (κ2) is 8.42. The molecule has 0 atom stereocenters. The summed E-state index contributed by atoms with van der Waals surface area (Å²) in [5.41, 5.74) is 8.09. The fourth-order valence-electron chi connectivity index (χ4n) is 3.12. The molecule has 0 bridgehead atoms. The van der Waals surface area contributed by atoms with Crippen molar-refractivity contribution < 1.29 is 14.3 Å². The molecular weight excluding hydrogens is 402 g/mol. The molecule has 4 aromatic rings. The molecule has 0 saturated heterocycles. The van der Waals surface area contributed by atoms with Gasteiger partial charge in [0, 0.05) is 12.1 Å². The number of pyridine rings is 1. The molecule has 0 unspecified atom stereocenters. The summed E-state index contributed by atoms with van der Waals surface area (Å²) < 4.78 is 12.1. The highest BCUT2D eigenvalue weighted by atomic mass is 32.1. The zero-order valence-corrected chi connectivity index (χ0v) is 17.4. The third-order valence-electron chi connectivity index (χ3n) is 4.60. The molecule has 154 valence electrons. The third kappa shape index (κ3) is 3.92. The number of nitrogens with zero attached hydrogens (tertiary/aromatic N) is 3. The minimum Gasteiger partial charge on any atom is -0.496 e. The van der Waals surface area contributed by atoms with Crippen molar-refractivity contribution in [3.8, 4) is 21.5 Å². The number of hydrogen-bond acceptors (Lipinski definition) is 7. The van der Waals surface area contributed by atoms with Crippen molar-refractivity contribution in [1.82, 2.24) is 19.9 Å². The van der Waals surface area contributed by atoms with E-state index in [1.165, 1.54) is 15.9 Å². The predicted octanol–water partition coefficient (Wildman–Crippen LogP) is 3.03. The van der Waals surface area contributed by atoms with Crippen molar-refractivity contribution in [3.63, 3.8) is 0 Å². The molecule has 1 aromatic carbocycles. The summed E-state index contributed by atoms with van der Waals surface area (Å²) in [6.07, 6.45) is 0.656. The molecule has 8 nitrogen and oxygen atoms in total. The van der Waals surface area contributed by atoms with Crippen LogP contribution in [0.3, 0.4) is 0 Å². The number of methoxy groups -OCH3 is 2. The smallest absolute Gasteiger partial charge is 0.251 e. The second-order valence-electron chi connectivity index (χ2n) is 6.51. The summed E-state index contributed by atoms with van der Waals surface area (Å²) in [5.74, 6) is 1.45. The van der Waals surface area contributed by atoms with Gasteiger partial charge in [-0.15, -0.1) is 5.10 Å². The Hall–Kier alpha value is -3.59. The lowest BCUT2D eigenvalue weighted by molar-refractivity contribution is 0.0954. The highest BCUT2D eigenvalue weighted by molar-refractivity contribution is 7.17. The van der Waals surface area contributed by atoms with Crippen molar-refractivity contribution in [3.05, 3.63) is 59.7 Å². The lowest BCUT2D eigenvalue weighted by atomic mass is 10.1. The van der Waals surface area contributed by atoms with Crippen LogP contribution in [0.5, 0.6) is 10.8 Å². The fraction of sp³-hybridized carbons (Fsp3) is 0.190. The molecule has 1 amide bonds. The van der Waals surface area contributed by atoms with Crippen LogP contribution in [-0.2, 0) is 6.42 Å². The molecule has 0 aliphatic rings. The van der Waals surface area contributed by atoms with Crippen LogP contribution < -0.4 is 20.5 Å². The van der Waals surface area contributed by atoms with Crippen molar-refractivity contribution in [2.24, 2.45) is 0 Å². The highest BCUT2D eigenvalue weighted by Gasteiger charge is 2.15. The quantitative estimate of drug-likeness (QED) is 0.474. The van der Waals surface area contributed by atoms with Crippen molar-refractivity contribution in [1.29, 1.82) is 0 Å². The van der Waals surface area contributed by atoms with E-state index in [-0.39, 0.29) is 5.91 Å². The number of ether oxygens (including phenoxy) is 2. The first-order valence-corrected chi connectivity index (χ1v) is 10.1. The van der Waals surface area contributed by atoms with Gasteiger partial charge in [-0.25, -0.2) is 4.98 Å². The molecule has 0 radical (unpaired) electrons. The standard InChI is InChI=1S/C21H21N5O3S/c1-28-15-6-4-3-5-13(15)9-10-23-21(27)14-11-17(22)26-18(12-14)24-20(25-26)16-7-8-19(29-2)30-16/h3-8,11-12H,9-10,22H2,1-2H3,(H,23,27). The number of rotatable bonds is 7. The number of nitrogens with two attached hydrogens (primary N) is 1. The van der Waals surface area contributed by atoms with Gasteiger partial charge >= 0.3 is 0 Å². The van der Waals surface area contributed by atoms with Gasteiger partial charge in [0.15, 0.2) is 16.5 Å². The number of anilines is 1. The number of fused-ring (bicyclic) bond motifs is 1. The van der Waals surface area contributed by atoms with E-state index >= 15 is 0 Å². The molecule has 0 aliphatic carbocycles. The second-order valence-corrected chi connectivity index (χ2v) is 7.56. The Balaban J connectivity index is 1.50. The Morgan fingerprint density at radius 1 is 1.17 bits per heavy atom. The van der Waals surface area contributed by atoms with Crippen molar-refractivity contribution in [2.45, 2.75) is 6.42 Å².